The fraction of sp³-hybridized carbons (Fsp3) is 0.385. The number of carboxylic acids is 1. The largest absolute Gasteiger partial charge is 0.481 e. The van der Waals surface area contributed by atoms with Crippen molar-refractivity contribution in [1.82, 2.24) is 5.32 Å². The van der Waals surface area contributed by atoms with Gasteiger partial charge in [-0.1, -0.05) is 18.2 Å². The number of amides is 1. The van der Waals surface area contributed by atoms with Crippen LogP contribution in [0.1, 0.15) is 12.0 Å². The van der Waals surface area contributed by atoms with Gasteiger partial charge in [0.1, 0.15) is 5.82 Å². The molecule has 1 aromatic carbocycles. The van der Waals surface area contributed by atoms with Crippen molar-refractivity contribution >= 4 is 11.9 Å². The molecule has 1 rings (SSSR count). The second-order valence-electron chi connectivity index (χ2n) is 4.03. The van der Waals surface area contributed by atoms with E-state index in [-0.39, 0.29) is 25.3 Å². The molecule has 1 aromatic rings. The van der Waals surface area contributed by atoms with Crippen LogP contribution in [0.5, 0.6) is 0 Å². The molecule has 0 fully saturated rings. The van der Waals surface area contributed by atoms with Gasteiger partial charge in [-0.05, 0) is 11.6 Å². The first-order valence-corrected chi connectivity index (χ1v) is 5.77. The highest BCUT2D eigenvalue weighted by Gasteiger charge is 2.14. The Morgan fingerprint density at radius 3 is 2.68 bits per heavy atom. The molecule has 0 aliphatic carbocycles. The van der Waals surface area contributed by atoms with Crippen molar-refractivity contribution in [3.05, 3.63) is 35.6 Å². The molecule has 0 spiro atoms. The number of carbonyl (C=O) groups excluding carboxylic acids is 1. The lowest BCUT2D eigenvalue weighted by Gasteiger charge is -2.14. The minimum Gasteiger partial charge on any atom is -0.481 e. The average molecular weight is 269 g/mol. The number of halogens is 1. The molecule has 0 radical (unpaired) electrons. The topological polar surface area (TPSA) is 75.6 Å². The maximum absolute atomic E-state index is 13.3. The molecule has 104 valence electrons. The zero-order valence-electron chi connectivity index (χ0n) is 10.6. The second-order valence-corrected chi connectivity index (χ2v) is 4.03. The molecule has 0 saturated carbocycles. The summed E-state index contributed by atoms with van der Waals surface area (Å²) in [5.41, 5.74) is 0.298. The smallest absolute Gasteiger partial charge is 0.306 e. The van der Waals surface area contributed by atoms with Gasteiger partial charge in [-0.15, -0.1) is 0 Å². The molecule has 0 saturated heterocycles. The van der Waals surface area contributed by atoms with Crippen LogP contribution in [-0.2, 0) is 20.7 Å². The predicted molar refractivity (Wildman–Crippen MR) is 66.2 cm³/mol. The third-order valence-corrected chi connectivity index (χ3v) is 2.57. The summed E-state index contributed by atoms with van der Waals surface area (Å²) < 4.78 is 18.2. The van der Waals surface area contributed by atoms with Crippen LogP contribution in [0.4, 0.5) is 4.39 Å². The van der Waals surface area contributed by atoms with Gasteiger partial charge >= 0.3 is 5.97 Å². The molecule has 0 bridgehead atoms. The van der Waals surface area contributed by atoms with E-state index in [1.807, 2.05) is 0 Å². The quantitative estimate of drug-likeness (QED) is 0.773. The van der Waals surface area contributed by atoms with Gasteiger partial charge in [0.25, 0.3) is 0 Å². The van der Waals surface area contributed by atoms with E-state index in [9.17, 15) is 14.0 Å². The molecule has 6 heteroatoms. The Morgan fingerprint density at radius 1 is 1.42 bits per heavy atom. The van der Waals surface area contributed by atoms with Crippen LogP contribution < -0.4 is 5.32 Å². The van der Waals surface area contributed by atoms with E-state index in [4.69, 9.17) is 9.84 Å². The Balaban J connectivity index is 2.43. The third-order valence-electron chi connectivity index (χ3n) is 2.57. The van der Waals surface area contributed by atoms with Crippen LogP contribution >= 0.6 is 0 Å². The number of rotatable bonds is 7. The molecule has 0 aliphatic rings. The molecule has 0 heterocycles. The van der Waals surface area contributed by atoms with Crippen molar-refractivity contribution < 1.29 is 23.8 Å². The summed E-state index contributed by atoms with van der Waals surface area (Å²) in [4.78, 5) is 22.1. The normalized spacial score (nSPS) is 11.9. The lowest BCUT2D eigenvalue weighted by Crippen LogP contribution is -2.35. The standard InChI is InChI=1S/C13H16FNO4/c1-19-10(7-13(17)18)8-15-12(16)6-9-4-2-3-5-11(9)14/h2-5,10H,6-8H2,1H3,(H,15,16)(H,17,18). The van der Waals surface area contributed by atoms with Gasteiger partial charge in [0.05, 0.1) is 18.9 Å². The van der Waals surface area contributed by atoms with E-state index in [0.29, 0.717) is 5.56 Å². The lowest BCUT2D eigenvalue weighted by molar-refractivity contribution is -0.140. The number of nitrogens with one attached hydrogen (secondary N) is 1. The van der Waals surface area contributed by atoms with Crippen LogP contribution in [0.15, 0.2) is 24.3 Å². The van der Waals surface area contributed by atoms with Crippen molar-refractivity contribution in [3.63, 3.8) is 0 Å². The Labute approximate surface area is 110 Å². The highest BCUT2D eigenvalue weighted by Crippen LogP contribution is 2.06. The molecule has 1 unspecified atom stereocenters. The van der Waals surface area contributed by atoms with E-state index >= 15 is 0 Å². The van der Waals surface area contributed by atoms with Crippen LogP contribution in [0, 0.1) is 5.82 Å². The summed E-state index contributed by atoms with van der Waals surface area (Å²) in [6, 6.07) is 6.00. The molecule has 5 nitrogen and oxygen atoms in total. The number of ether oxygens (including phenoxy) is 1. The molecule has 1 amide bonds. The number of methoxy groups -OCH3 is 1. The van der Waals surface area contributed by atoms with Gasteiger partial charge in [-0.25, -0.2) is 4.39 Å². The highest BCUT2D eigenvalue weighted by molar-refractivity contribution is 5.78. The first-order valence-electron chi connectivity index (χ1n) is 5.77. The highest BCUT2D eigenvalue weighted by atomic mass is 19.1. The van der Waals surface area contributed by atoms with E-state index < -0.39 is 17.9 Å². The maximum atomic E-state index is 13.3. The molecule has 1 atom stereocenters. The minimum absolute atomic E-state index is 0.0795. The summed E-state index contributed by atoms with van der Waals surface area (Å²) in [6.07, 6.45) is -0.880. The Kier molecular flexibility index (Phi) is 5.95. The van der Waals surface area contributed by atoms with Gasteiger partial charge in [-0.3, -0.25) is 9.59 Å². The van der Waals surface area contributed by atoms with Gasteiger partial charge in [0.15, 0.2) is 0 Å². The number of hydrogen-bond donors (Lipinski definition) is 2. The van der Waals surface area contributed by atoms with Gasteiger partial charge in [-0.2, -0.15) is 0 Å². The van der Waals surface area contributed by atoms with Crippen LogP contribution in [0.2, 0.25) is 0 Å². The summed E-state index contributed by atoms with van der Waals surface area (Å²) in [7, 11) is 1.37. The molecular formula is C13H16FNO4. The number of carboxylic acid groups (broad SMARTS) is 1. The fourth-order valence-electron chi connectivity index (χ4n) is 1.54. The van der Waals surface area contributed by atoms with Crippen molar-refractivity contribution in [2.45, 2.75) is 18.9 Å². The van der Waals surface area contributed by atoms with Crippen LogP contribution in [0.25, 0.3) is 0 Å². The first kappa shape index (κ1) is 15.1. The van der Waals surface area contributed by atoms with Gasteiger partial charge in [0.2, 0.25) is 5.91 Å². The number of hydrogen-bond acceptors (Lipinski definition) is 3. The molecule has 19 heavy (non-hydrogen) atoms. The predicted octanol–water partition coefficient (Wildman–Crippen LogP) is 0.974. The number of benzene rings is 1. The summed E-state index contributed by atoms with van der Waals surface area (Å²) >= 11 is 0. The first-order chi connectivity index (χ1) is 9.02. The zero-order valence-corrected chi connectivity index (χ0v) is 10.6. The molecule has 0 aliphatic heterocycles. The summed E-state index contributed by atoms with van der Waals surface area (Å²) in [6.45, 7) is 0.0795. The van der Waals surface area contributed by atoms with Crippen molar-refractivity contribution in [2.75, 3.05) is 13.7 Å². The van der Waals surface area contributed by atoms with E-state index in [2.05, 4.69) is 5.32 Å². The third kappa shape index (κ3) is 5.48. The Morgan fingerprint density at radius 2 is 2.11 bits per heavy atom. The van der Waals surface area contributed by atoms with Crippen molar-refractivity contribution in [2.24, 2.45) is 0 Å². The second kappa shape index (κ2) is 7.48. The molecule has 0 aromatic heterocycles. The summed E-state index contributed by atoms with van der Waals surface area (Å²) in [5.74, 6) is -1.82. The lowest BCUT2D eigenvalue weighted by atomic mass is 10.1. The summed E-state index contributed by atoms with van der Waals surface area (Å²) in [5, 5.41) is 11.1. The van der Waals surface area contributed by atoms with E-state index in [1.54, 1.807) is 12.1 Å². The number of carbonyl (C=O) groups is 2. The maximum Gasteiger partial charge on any atom is 0.306 e. The SMILES string of the molecule is COC(CNC(=O)Cc1ccccc1F)CC(=O)O. The van der Waals surface area contributed by atoms with Crippen molar-refractivity contribution in [1.29, 1.82) is 0 Å². The van der Waals surface area contributed by atoms with E-state index in [1.165, 1.54) is 19.2 Å². The van der Waals surface area contributed by atoms with Crippen LogP contribution in [-0.4, -0.2) is 36.7 Å². The zero-order chi connectivity index (χ0) is 14.3. The van der Waals surface area contributed by atoms with Gasteiger partial charge < -0.3 is 15.2 Å². The minimum atomic E-state index is -1.00. The van der Waals surface area contributed by atoms with Crippen LogP contribution in [0.3, 0.4) is 0 Å². The fourth-order valence-corrected chi connectivity index (χ4v) is 1.54. The van der Waals surface area contributed by atoms with E-state index in [0.717, 1.165) is 0 Å². The monoisotopic (exact) mass is 269 g/mol. The Hall–Kier alpha value is -1.95. The molecule has 2 N–H and O–H groups in total. The van der Waals surface area contributed by atoms with Gasteiger partial charge in [0, 0.05) is 13.7 Å². The molecular weight excluding hydrogens is 253 g/mol. The Bertz CT molecular complexity index is 450. The average Bonchev–Trinajstić information content (AvgIpc) is 2.37. The number of aliphatic carboxylic acids is 1. The van der Waals surface area contributed by atoms with Crippen molar-refractivity contribution in [3.8, 4) is 0 Å².